The Hall–Kier alpha value is -2.43. The molecular formula is C17H21N3O2. The predicted octanol–water partition coefficient (Wildman–Crippen LogP) is 2.50. The zero-order valence-electron chi connectivity index (χ0n) is 13.4. The molecule has 0 aliphatic carbocycles. The van der Waals surface area contributed by atoms with Crippen molar-refractivity contribution in [3.63, 3.8) is 0 Å². The number of likely N-dealkylation sites (N-methyl/N-ethyl adjacent to an activating group) is 1. The second kappa shape index (κ2) is 7.02. The number of hydrogen-bond donors (Lipinski definition) is 0. The van der Waals surface area contributed by atoms with Crippen LogP contribution in [0.2, 0.25) is 0 Å². The van der Waals surface area contributed by atoms with Crippen LogP contribution in [0.4, 0.5) is 0 Å². The quantitative estimate of drug-likeness (QED) is 0.851. The van der Waals surface area contributed by atoms with Gasteiger partial charge in [-0.05, 0) is 37.6 Å². The summed E-state index contributed by atoms with van der Waals surface area (Å²) in [6, 6.07) is 7.40. The van der Waals surface area contributed by atoms with Gasteiger partial charge < -0.3 is 9.64 Å². The topological polar surface area (TPSA) is 55.3 Å². The Labute approximate surface area is 131 Å². The van der Waals surface area contributed by atoms with Crippen LogP contribution in [-0.2, 0) is 6.42 Å². The molecule has 1 unspecified atom stereocenters. The number of aromatic nitrogens is 2. The zero-order valence-corrected chi connectivity index (χ0v) is 13.4. The van der Waals surface area contributed by atoms with Crippen LogP contribution in [0.25, 0.3) is 0 Å². The molecule has 0 aliphatic rings. The lowest BCUT2D eigenvalue weighted by Gasteiger charge is -2.25. The van der Waals surface area contributed by atoms with E-state index in [1.54, 1.807) is 36.5 Å². The third-order valence-electron chi connectivity index (χ3n) is 3.65. The third-order valence-corrected chi connectivity index (χ3v) is 3.65. The highest BCUT2D eigenvalue weighted by atomic mass is 16.5. The van der Waals surface area contributed by atoms with E-state index >= 15 is 0 Å². The molecule has 22 heavy (non-hydrogen) atoms. The molecule has 1 atom stereocenters. The molecule has 0 radical (unpaired) electrons. The molecule has 2 rings (SSSR count). The monoisotopic (exact) mass is 299 g/mol. The minimum absolute atomic E-state index is 0.0426. The highest BCUT2D eigenvalue weighted by Crippen LogP contribution is 2.14. The van der Waals surface area contributed by atoms with E-state index < -0.39 is 0 Å². The molecular weight excluding hydrogens is 278 g/mol. The van der Waals surface area contributed by atoms with Crippen molar-refractivity contribution in [3.05, 3.63) is 53.5 Å². The van der Waals surface area contributed by atoms with Gasteiger partial charge in [0, 0.05) is 49.2 Å². The van der Waals surface area contributed by atoms with Gasteiger partial charge in [0.2, 0.25) is 5.88 Å². The first kappa shape index (κ1) is 15.9. The molecule has 0 fully saturated rings. The summed E-state index contributed by atoms with van der Waals surface area (Å²) in [4.78, 5) is 22.6. The van der Waals surface area contributed by atoms with Crippen LogP contribution < -0.4 is 4.74 Å². The van der Waals surface area contributed by atoms with E-state index in [-0.39, 0.29) is 11.9 Å². The fourth-order valence-corrected chi connectivity index (χ4v) is 2.21. The maximum Gasteiger partial charge on any atom is 0.254 e. The molecule has 0 bridgehead atoms. The zero-order chi connectivity index (χ0) is 16.1. The van der Waals surface area contributed by atoms with Crippen LogP contribution in [0.15, 0.2) is 36.7 Å². The van der Waals surface area contributed by atoms with E-state index in [1.807, 2.05) is 26.0 Å². The Morgan fingerprint density at radius 1 is 1.27 bits per heavy atom. The van der Waals surface area contributed by atoms with Crippen molar-refractivity contribution in [2.75, 3.05) is 14.2 Å². The lowest BCUT2D eigenvalue weighted by molar-refractivity contribution is 0.0742. The Bertz CT molecular complexity index is 658. The van der Waals surface area contributed by atoms with Crippen molar-refractivity contribution < 1.29 is 9.53 Å². The molecule has 116 valence electrons. The molecule has 5 nitrogen and oxygen atoms in total. The lowest BCUT2D eigenvalue weighted by atomic mass is 10.1. The lowest BCUT2D eigenvalue weighted by Crippen LogP contribution is -2.36. The summed E-state index contributed by atoms with van der Waals surface area (Å²) in [5.74, 6) is 0.383. The standard InChI is InChI=1S/C17H21N3O2/c1-12-5-7-18-15(9-12)10-13(2)20(3)17(21)14-6-8-19-16(11-14)22-4/h5-9,11,13H,10H2,1-4H3. The predicted molar refractivity (Wildman–Crippen MR) is 85.0 cm³/mol. The van der Waals surface area contributed by atoms with Crippen molar-refractivity contribution in [3.8, 4) is 5.88 Å². The SMILES string of the molecule is COc1cc(C(=O)N(C)C(C)Cc2cc(C)ccn2)ccn1. The molecule has 2 aromatic heterocycles. The Balaban J connectivity index is 2.09. The van der Waals surface area contributed by atoms with Gasteiger partial charge in [0.15, 0.2) is 0 Å². The van der Waals surface area contributed by atoms with Gasteiger partial charge in [-0.25, -0.2) is 4.98 Å². The van der Waals surface area contributed by atoms with E-state index in [0.29, 0.717) is 17.9 Å². The second-order valence-electron chi connectivity index (χ2n) is 5.38. The van der Waals surface area contributed by atoms with E-state index in [9.17, 15) is 4.79 Å². The van der Waals surface area contributed by atoms with Gasteiger partial charge in [-0.1, -0.05) is 0 Å². The van der Waals surface area contributed by atoms with Crippen molar-refractivity contribution in [1.29, 1.82) is 0 Å². The number of pyridine rings is 2. The second-order valence-corrected chi connectivity index (χ2v) is 5.38. The molecule has 2 aromatic rings. The number of methoxy groups -OCH3 is 1. The number of nitrogens with zero attached hydrogens (tertiary/aromatic N) is 3. The Kier molecular flexibility index (Phi) is 5.09. The minimum atomic E-state index is -0.0548. The van der Waals surface area contributed by atoms with Crippen LogP contribution in [0.3, 0.4) is 0 Å². The Morgan fingerprint density at radius 2 is 2.00 bits per heavy atom. The molecule has 1 amide bonds. The molecule has 5 heteroatoms. The van der Waals surface area contributed by atoms with Crippen molar-refractivity contribution in [1.82, 2.24) is 14.9 Å². The average molecular weight is 299 g/mol. The fraction of sp³-hybridized carbons (Fsp3) is 0.353. The Morgan fingerprint density at radius 3 is 2.68 bits per heavy atom. The normalized spacial score (nSPS) is 11.8. The van der Waals surface area contributed by atoms with E-state index in [2.05, 4.69) is 9.97 Å². The average Bonchev–Trinajstić information content (AvgIpc) is 2.53. The van der Waals surface area contributed by atoms with Crippen molar-refractivity contribution in [2.24, 2.45) is 0 Å². The van der Waals surface area contributed by atoms with Gasteiger partial charge in [0.25, 0.3) is 5.91 Å². The first-order valence-corrected chi connectivity index (χ1v) is 7.20. The van der Waals surface area contributed by atoms with Crippen molar-refractivity contribution >= 4 is 5.91 Å². The summed E-state index contributed by atoms with van der Waals surface area (Å²) in [5, 5.41) is 0. The molecule has 0 N–H and O–H groups in total. The van der Waals surface area contributed by atoms with E-state index in [4.69, 9.17) is 4.74 Å². The van der Waals surface area contributed by atoms with Crippen LogP contribution in [-0.4, -0.2) is 41.0 Å². The summed E-state index contributed by atoms with van der Waals surface area (Å²) in [5.41, 5.74) is 2.72. The molecule has 0 aliphatic heterocycles. The summed E-state index contributed by atoms with van der Waals surface area (Å²) in [6.07, 6.45) is 4.09. The van der Waals surface area contributed by atoms with Gasteiger partial charge in [-0.3, -0.25) is 9.78 Å². The number of rotatable bonds is 5. The number of carbonyl (C=O) groups is 1. The van der Waals surface area contributed by atoms with Crippen molar-refractivity contribution in [2.45, 2.75) is 26.3 Å². The smallest absolute Gasteiger partial charge is 0.254 e. The van der Waals surface area contributed by atoms with Gasteiger partial charge in [0.1, 0.15) is 0 Å². The van der Waals surface area contributed by atoms with Crippen LogP contribution in [0.1, 0.15) is 28.5 Å². The van der Waals surface area contributed by atoms with Crippen LogP contribution in [0.5, 0.6) is 5.88 Å². The largest absolute Gasteiger partial charge is 0.481 e. The maximum absolute atomic E-state index is 12.5. The first-order chi connectivity index (χ1) is 10.5. The number of aryl methyl sites for hydroxylation is 1. The molecule has 0 aromatic carbocycles. The number of hydrogen-bond acceptors (Lipinski definition) is 4. The third kappa shape index (κ3) is 3.81. The summed E-state index contributed by atoms with van der Waals surface area (Å²) < 4.78 is 5.06. The van der Waals surface area contributed by atoms with Crippen LogP contribution >= 0.6 is 0 Å². The molecule has 0 spiro atoms. The maximum atomic E-state index is 12.5. The number of amides is 1. The van der Waals surface area contributed by atoms with Gasteiger partial charge in [-0.2, -0.15) is 0 Å². The van der Waals surface area contributed by atoms with Gasteiger partial charge in [-0.15, -0.1) is 0 Å². The van der Waals surface area contributed by atoms with E-state index in [1.165, 1.54) is 12.7 Å². The van der Waals surface area contributed by atoms with Gasteiger partial charge in [0.05, 0.1) is 7.11 Å². The minimum Gasteiger partial charge on any atom is -0.481 e. The number of ether oxygens (including phenoxy) is 1. The van der Waals surface area contributed by atoms with E-state index in [0.717, 1.165) is 5.69 Å². The molecule has 0 saturated carbocycles. The van der Waals surface area contributed by atoms with Crippen LogP contribution in [0, 0.1) is 6.92 Å². The fourth-order valence-electron chi connectivity index (χ4n) is 2.21. The molecule has 2 heterocycles. The highest BCUT2D eigenvalue weighted by Gasteiger charge is 2.19. The summed E-state index contributed by atoms with van der Waals surface area (Å²) >= 11 is 0. The summed E-state index contributed by atoms with van der Waals surface area (Å²) in [6.45, 7) is 4.05. The van der Waals surface area contributed by atoms with Gasteiger partial charge >= 0.3 is 0 Å². The first-order valence-electron chi connectivity index (χ1n) is 7.20. The highest BCUT2D eigenvalue weighted by molar-refractivity contribution is 5.94. The number of carbonyl (C=O) groups excluding carboxylic acids is 1. The summed E-state index contributed by atoms with van der Waals surface area (Å²) in [7, 11) is 3.34. The molecule has 0 saturated heterocycles.